The molecule has 1 heterocycles. The fourth-order valence-corrected chi connectivity index (χ4v) is 2.71. The first-order chi connectivity index (χ1) is 9.61. The van der Waals surface area contributed by atoms with Crippen molar-refractivity contribution in [2.75, 3.05) is 25.6 Å². The summed E-state index contributed by atoms with van der Waals surface area (Å²) < 4.78 is 8.20. The summed E-state index contributed by atoms with van der Waals surface area (Å²) in [4.78, 5) is 4.54. The molecule has 4 nitrogen and oxygen atoms in total. The first-order valence-electron chi connectivity index (χ1n) is 6.67. The Labute approximate surface area is 128 Å². The number of ether oxygens (including phenoxy) is 1. The van der Waals surface area contributed by atoms with E-state index in [0.29, 0.717) is 0 Å². The Bertz CT molecular complexity index is 580. The van der Waals surface area contributed by atoms with E-state index in [1.54, 1.807) is 7.11 Å². The Morgan fingerprint density at radius 2 is 2.15 bits per heavy atom. The lowest BCUT2D eigenvalue weighted by Crippen LogP contribution is -2.09. The summed E-state index contributed by atoms with van der Waals surface area (Å²) in [5.41, 5.74) is 3.31. The smallest absolute Gasteiger partial charge is 0.207 e. The third-order valence-corrected chi connectivity index (χ3v) is 3.63. The summed E-state index contributed by atoms with van der Waals surface area (Å²) in [6.45, 7) is 5.67. The lowest BCUT2D eigenvalue weighted by Gasteiger charge is -2.11. The fraction of sp³-hybridized carbons (Fsp3) is 0.400. The third-order valence-electron chi connectivity index (χ3n) is 3.00. The Hall–Kier alpha value is -1.33. The van der Waals surface area contributed by atoms with E-state index < -0.39 is 0 Å². The maximum atomic E-state index is 5.06. The van der Waals surface area contributed by atoms with Gasteiger partial charge in [-0.15, -0.1) is 0 Å². The maximum absolute atomic E-state index is 5.06. The van der Waals surface area contributed by atoms with Crippen molar-refractivity contribution in [3.05, 3.63) is 40.1 Å². The molecule has 0 spiro atoms. The molecule has 0 radical (unpaired) electrons. The van der Waals surface area contributed by atoms with Gasteiger partial charge in [0.25, 0.3) is 0 Å². The molecule has 0 saturated heterocycles. The van der Waals surface area contributed by atoms with Gasteiger partial charge in [0, 0.05) is 30.9 Å². The van der Waals surface area contributed by atoms with Crippen LogP contribution in [0.5, 0.6) is 0 Å². The number of rotatable bonds is 6. The van der Waals surface area contributed by atoms with Crippen molar-refractivity contribution in [1.82, 2.24) is 9.55 Å². The molecule has 0 aliphatic rings. The van der Waals surface area contributed by atoms with Gasteiger partial charge in [-0.05, 0) is 53.9 Å². The van der Waals surface area contributed by atoms with Gasteiger partial charge in [-0.25, -0.2) is 4.98 Å². The van der Waals surface area contributed by atoms with Crippen molar-refractivity contribution in [3.8, 4) is 5.69 Å². The lowest BCUT2D eigenvalue weighted by molar-refractivity contribution is 0.197. The Kier molecular flexibility index (Phi) is 5.20. The minimum Gasteiger partial charge on any atom is -0.385 e. The highest BCUT2D eigenvalue weighted by atomic mass is 79.9. The zero-order chi connectivity index (χ0) is 14.5. The largest absolute Gasteiger partial charge is 0.385 e. The predicted molar refractivity (Wildman–Crippen MR) is 85.7 cm³/mol. The van der Waals surface area contributed by atoms with Gasteiger partial charge in [-0.1, -0.05) is 6.07 Å². The van der Waals surface area contributed by atoms with Crippen LogP contribution < -0.4 is 5.32 Å². The van der Waals surface area contributed by atoms with E-state index in [2.05, 4.69) is 55.9 Å². The van der Waals surface area contributed by atoms with Crippen molar-refractivity contribution >= 4 is 21.9 Å². The summed E-state index contributed by atoms with van der Waals surface area (Å²) in [5.74, 6) is 0.864. The molecule has 2 rings (SSSR count). The Morgan fingerprint density at radius 1 is 1.35 bits per heavy atom. The van der Waals surface area contributed by atoms with Crippen LogP contribution >= 0.6 is 15.9 Å². The van der Waals surface area contributed by atoms with E-state index in [0.717, 1.165) is 41.4 Å². The SMILES string of the molecule is COCCCNc1nc(C)cn1-c1ccc(C)cc1Br. The second-order valence-electron chi connectivity index (χ2n) is 4.80. The van der Waals surface area contributed by atoms with E-state index in [9.17, 15) is 0 Å². The molecule has 0 fully saturated rings. The molecule has 0 saturated carbocycles. The molecule has 0 amide bonds. The minimum atomic E-state index is 0.751. The molecule has 1 aromatic heterocycles. The average molecular weight is 338 g/mol. The van der Waals surface area contributed by atoms with E-state index in [1.165, 1.54) is 5.56 Å². The molecular weight excluding hydrogens is 318 g/mol. The molecule has 1 N–H and O–H groups in total. The van der Waals surface area contributed by atoms with Crippen LogP contribution in [0.25, 0.3) is 5.69 Å². The zero-order valence-electron chi connectivity index (χ0n) is 12.1. The van der Waals surface area contributed by atoms with Crippen LogP contribution in [0.3, 0.4) is 0 Å². The predicted octanol–water partition coefficient (Wildman–Crippen LogP) is 3.70. The molecule has 2 aromatic rings. The number of nitrogens with zero attached hydrogens (tertiary/aromatic N) is 2. The van der Waals surface area contributed by atoms with Crippen molar-refractivity contribution in [1.29, 1.82) is 0 Å². The Balaban J connectivity index is 2.22. The van der Waals surface area contributed by atoms with Gasteiger partial charge in [-0.3, -0.25) is 4.57 Å². The van der Waals surface area contributed by atoms with Gasteiger partial charge in [0.1, 0.15) is 0 Å². The fourth-order valence-electron chi connectivity index (χ4n) is 2.03. The van der Waals surface area contributed by atoms with Crippen LogP contribution in [0.1, 0.15) is 17.7 Å². The minimum absolute atomic E-state index is 0.751. The van der Waals surface area contributed by atoms with Gasteiger partial charge in [0.2, 0.25) is 5.95 Å². The molecule has 0 aliphatic carbocycles. The highest BCUT2D eigenvalue weighted by molar-refractivity contribution is 9.10. The number of hydrogen-bond donors (Lipinski definition) is 1. The number of anilines is 1. The first kappa shape index (κ1) is 15.1. The molecule has 0 unspecified atom stereocenters. The number of halogens is 1. The monoisotopic (exact) mass is 337 g/mol. The van der Waals surface area contributed by atoms with Crippen LogP contribution in [-0.2, 0) is 4.74 Å². The molecule has 5 heteroatoms. The van der Waals surface area contributed by atoms with Crippen LogP contribution in [0.15, 0.2) is 28.9 Å². The maximum Gasteiger partial charge on any atom is 0.207 e. The summed E-state index contributed by atoms with van der Waals surface area (Å²) in [6, 6.07) is 6.31. The highest BCUT2D eigenvalue weighted by Crippen LogP contribution is 2.25. The molecule has 0 bridgehead atoms. The van der Waals surface area contributed by atoms with Gasteiger partial charge in [-0.2, -0.15) is 0 Å². The topological polar surface area (TPSA) is 39.1 Å². The van der Waals surface area contributed by atoms with Crippen LogP contribution in [0.4, 0.5) is 5.95 Å². The molecule has 0 aliphatic heterocycles. The summed E-state index contributed by atoms with van der Waals surface area (Å²) in [6.07, 6.45) is 2.99. The van der Waals surface area contributed by atoms with Crippen LogP contribution in [0, 0.1) is 13.8 Å². The second-order valence-corrected chi connectivity index (χ2v) is 5.66. The summed E-state index contributed by atoms with van der Waals surface area (Å²) in [5, 5.41) is 3.36. The third kappa shape index (κ3) is 3.61. The van der Waals surface area contributed by atoms with Crippen molar-refractivity contribution in [3.63, 3.8) is 0 Å². The van der Waals surface area contributed by atoms with Crippen LogP contribution in [-0.4, -0.2) is 29.8 Å². The number of nitrogens with one attached hydrogen (secondary N) is 1. The normalized spacial score (nSPS) is 10.8. The zero-order valence-corrected chi connectivity index (χ0v) is 13.7. The van der Waals surface area contributed by atoms with Gasteiger partial charge < -0.3 is 10.1 Å². The van der Waals surface area contributed by atoms with Gasteiger partial charge >= 0.3 is 0 Å². The first-order valence-corrected chi connectivity index (χ1v) is 7.46. The number of benzene rings is 1. The number of aromatic nitrogens is 2. The second kappa shape index (κ2) is 6.90. The molecule has 1 aromatic carbocycles. The van der Waals surface area contributed by atoms with Crippen molar-refractivity contribution in [2.24, 2.45) is 0 Å². The van der Waals surface area contributed by atoms with Crippen molar-refractivity contribution in [2.45, 2.75) is 20.3 Å². The average Bonchev–Trinajstić information content (AvgIpc) is 2.76. The molecular formula is C15H20BrN3O. The summed E-state index contributed by atoms with van der Waals surface area (Å²) >= 11 is 3.62. The molecule has 0 atom stereocenters. The molecule has 108 valence electrons. The van der Waals surface area contributed by atoms with E-state index in [4.69, 9.17) is 4.74 Å². The van der Waals surface area contributed by atoms with E-state index in [1.807, 2.05) is 13.1 Å². The quantitative estimate of drug-likeness (QED) is 0.817. The lowest BCUT2D eigenvalue weighted by atomic mass is 10.2. The highest BCUT2D eigenvalue weighted by Gasteiger charge is 2.10. The Morgan fingerprint density at radius 3 is 2.85 bits per heavy atom. The summed E-state index contributed by atoms with van der Waals surface area (Å²) in [7, 11) is 1.72. The van der Waals surface area contributed by atoms with Gasteiger partial charge in [0.15, 0.2) is 0 Å². The van der Waals surface area contributed by atoms with E-state index >= 15 is 0 Å². The number of hydrogen-bond acceptors (Lipinski definition) is 3. The van der Waals surface area contributed by atoms with Gasteiger partial charge in [0.05, 0.1) is 11.4 Å². The molecule has 20 heavy (non-hydrogen) atoms. The van der Waals surface area contributed by atoms with Crippen molar-refractivity contribution < 1.29 is 4.74 Å². The number of imidazole rings is 1. The van der Waals surface area contributed by atoms with E-state index in [-0.39, 0.29) is 0 Å². The van der Waals surface area contributed by atoms with Crippen LogP contribution in [0.2, 0.25) is 0 Å². The standard InChI is InChI=1S/C15H20BrN3O/c1-11-5-6-14(13(16)9-11)19-10-12(2)18-15(19)17-7-4-8-20-3/h5-6,9-10H,4,7-8H2,1-3H3,(H,17,18). The number of methoxy groups -OCH3 is 1. The number of aryl methyl sites for hydroxylation is 2.